The molecule has 0 aliphatic carbocycles. The minimum absolute atomic E-state index is 0.0503. The summed E-state index contributed by atoms with van der Waals surface area (Å²) in [5, 5.41) is 2.88. The predicted octanol–water partition coefficient (Wildman–Crippen LogP) is 3.26. The second-order valence-corrected chi connectivity index (χ2v) is 6.44. The molecule has 1 N–H and O–H groups in total. The maximum absolute atomic E-state index is 12.2. The van der Waals surface area contributed by atoms with Gasteiger partial charge in [0.25, 0.3) is 0 Å². The van der Waals surface area contributed by atoms with E-state index in [-0.39, 0.29) is 18.4 Å². The zero-order chi connectivity index (χ0) is 17.4. The Morgan fingerprint density at radius 2 is 1.79 bits per heavy atom. The van der Waals surface area contributed by atoms with Crippen LogP contribution in [-0.4, -0.2) is 42.9 Å². The molecule has 0 radical (unpaired) electrons. The fourth-order valence-electron chi connectivity index (χ4n) is 3.01. The Balaban J connectivity index is 1.84. The first-order chi connectivity index (χ1) is 11.6. The molecule has 0 atom stereocenters. The van der Waals surface area contributed by atoms with Crippen molar-refractivity contribution >= 4 is 23.2 Å². The predicted molar refractivity (Wildman–Crippen MR) is 98.3 cm³/mol. The molecule has 0 unspecified atom stereocenters. The molecule has 1 saturated heterocycles. The summed E-state index contributed by atoms with van der Waals surface area (Å²) in [6.07, 6.45) is 5.60. The minimum atomic E-state index is -0.143. The highest BCUT2D eigenvalue weighted by molar-refractivity contribution is 5.94. The van der Waals surface area contributed by atoms with Crippen LogP contribution in [0, 0.1) is 0 Å². The van der Waals surface area contributed by atoms with E-state index in [1.165, 1.54) is 25.5 Å². The molecule has 0 aromatic heterocycles. The fourth-order valence-corrected chi connectivity index (χ4v) is 3.01. The highest BCUT2D eigenvalue weighted by atomic mass is 16.2. The van der Waals surface area contributed by atoms with Crippen molar-refractivity contribution in [3.63, 3.8) is 0 Å². The lowest BCUT2D eigenvalue weighted by Gasteiger charge is -2.21. The van der Waals surface area contributed by atoms with Gasteiger partial charge in [-0.15, -0.1) is 0 Å². The highest BCUT2D eigenvalue weighted by Gasteiger charge is 2.14. The number of carbonyl (C=O) groups is 2. The van der Waals surface area contributed by atoms with Crippen LogP contribution >= 0.6 is 0 Å². The summed E-state index contributed by atoms with van der Waals surface area (Å²) in [5.41, 5.74) is 1.98. The monoisotopic (exact) mass is 331 g/mol. The van der Waals surface area contributed by atoms with Gasteiger partial charge >= 0.3 is 0 Å². The van der Waals surface area contributed by atoms with Gasteiger partial charge in [-0.1, -0.05) is 19.8 Å². The fraction of sp³-hybridized carbons (Fsp3) is 0.579. The van der Waals surface area contributed by atoms with Gasteiger partial charge < -0.3 is 15.1 Å². The van der Waals surface area contributed by atoms with Gasteiger partial charge in [0.2, 0.25) is 11.8 Å². The molecule has 1 aliphatic rings. The molecule has 5 heteroatoms. The summed E-state index contributed by atoms with van der Waals surface area (Å²) in [4.78, 5) is 27.8. The number of benzene rings is 1. The van der Waals surface area contributed by atoms with Crippen molar-refractivity contribution in [2.45, 2.75) is 46.0 Å². The molecule has 0 saturated carbocycles. The molecule has 2 amide bonds. The molecule has 5 nitrogen and oxygen atoms in total. The first kappa shape index (κ1) is 18.3. The van der Waals surface area contributed by atoms with Crippen LogP contribution in [0.2, 0.25) is 0 Å². The number of hydrogen-bond acceptors (Lipinski definition) is 3. The van der Waals surface area contributed by atoms with Gasteiger partial charge in [-0.3, -0.25) is 9.59 Å². The Morgan fingerprint density at radius 1 is 1.12 bits per heavy atom. The molecule has 1 aromatic carbocycles. The van der Waals surface area contributed by atoms with E-state index < -0.39 is 0 Å². The maximum Gasteiger partial charge on any atom is 0.243 e. The number of anilines is 2. The summed E-state index contributed by atoms with van der Waals surface area (Å²) in [5.74, 6) is -0.193. The molecule has 0 spiro atoms. The summed E-state index contributed by atoms with van der Waals surface area (Å²) >= 11 is 0. The van der Waals surface area contributed by atoms with E-state index in [4.69, 9.17) is 0 Å². The van der Waals surface area contributed by atoms with Crippen LogP contribution in [0.1, 0.15) is 46.0 Å². The molecular formula is C19H29N3O2. The Hall–Kier alpha value is -2.04. The first-order valence-electron chi connectivity index (χ1n) is 9.00. The summed E-state index contributed by atoms with van der Waals surface area (Å²) in [6, 6.07) is 7.96. The van der Waals surface area contributed by atoms with Crippen LogP contribution < -0.4 is 10.2 Å². The number of unbranched alkanes of at least 4 members (excludes halogenated alkanes) is 2. The number of nitrogens with zero attached hydrogens (tertiary/aromatic N) is 2. The molecule has 24 heavy (non-hydrogen) atoms. The van der Waals surface area contributed by atoms with E-state index in [1.54, 1.807) is 4.90 Å². The van der Waals surface area contributed by atoms with Crippen LogP contribution in [0.3, 0.4) is 0 Å². The Labute approximate surface area is 145 Å². The number of amides is 2. The summed E-state index contributed by atoms with van der Waals surface area (Å²) in [6.45, 7) is 6.62. The lowest BCUT2D eigenvalue weighted by Crippen LogP contribution is -2.37. The molecule has 1 heterocycles. The number of hydrogen-bond donors (Lipinski definition) is 1. The quantitative estimate of drug-likeness (QED) is 0.744. The Kier molecular flexibility index (Phi) is 7.09. The van der Waals surface area contributed by atoms with E-state index in [0.717, 1.165) is 38.0 Å². The largest absolute Gasteiger partial charge is 0.372 e. The van der Waals surface area contributed by atoms with Gasteiger partial charge in [-0.2, -0.15) is 0 Å². The van der Waals surface area contributed by atoms with Crippen LogP contribution in [0.15, 0.2) is 24.3 Å². The van der Waals surface area contributed by atoms with Gasteiger partial charge in [0.05, 0.1) is 6.54 Å². The van der Waals surface area contributed by atoms with E-state index in [0.29, 0.717) is 6.54 Å². The Bertz CT molecular complexity index is 536. The second-order valence-electron chi connectivity index (χ2n) is 6.44. The zero-order valence-electron chi connectivity index (χ0n) is 14.9. The van der Waals surface area contributed by atoms with Gasteiger partial charge in [0, 0.05) is 37.9 Å². The average Bonchev–Trinajstić information content (AvgIpc) is 3.09. The number of rotatable bonds is 8. The molecule has 1 fully saturated rings. The molecule has 1 aliphatic heterocycles. The highest BCUT2D eigenvalue weighted by Crippen LogP contribution is 2.22. The van der Waals surface area contributed by atoms with Crippen molar-refractivity contribution in [3.8, 4) is 0 Å². The maximum atomic E-state index is 12.2. The van der Waals surface area contributed by atoms with Crippen molar-refractivity contribution in [2.75, 3.05) is 36.4 Å². The summed E-state index contributed by atoms with van der Waals surface area (Å²) < 4.78 is 0. The van der Waals surface area contributed by atoms with Gasteiger partial charge in [0.15, 0.2) is 0 Å². The van der Waals surface area contributed by atoms with E-state index >= 15 is 0 Å². The lowest BCUT2D eigenvalue weighted by molar-refractivity contribution is -0.132. The van der Waals surface area contributed by atoms with E-state index in [2.05, 4.69) is 17.1 Å². The van der Waals surface area contributed by atoms with Gasteiger partial charge in [-0.05, 0) is 43.5 Å². The van der Waals surface area contributed by atoms with Crippen LogP contribution in [0.5, 0.6) is 0 Å². The van der Waals surface area contributed by atoms with Crippen molar-refractivity contribution in [1.29, 1.82) is 0 Å². The van der Waals surface area contributed by atoms with Gasteiger partial charge in [-0.25, -0.2) is 0 Å². The average molecular weight is 331 g/mol. The van der Waals surface area contributed by atoms with Gasteiger partial charge in [0.1, 0.15) is 0 Å². The Morgan fingerprint density at radius 3 is 2.38 bits per heavy atom. The minimum Gasteiger partial charge on any atom is -0.372 e. The van der Waals surface area contributed by atoms with Crippen LogP contribution in [-0.2, 0) is 9.59 Å². The molecule has 0 bridgehead atoms. The number of carbonyl (C=O) groups excluding carboxylic acids is 2. The normalized spacial score (nSPS) is 13.8. The third kappa shape index (κ3) is 5.55. The first-order valence-corrected chi connectivity index (χ1v) is 9.00. The van der Waals surface area contributed by atoms with E-state index in [9.17, 15) is 9.59 Å². The number of nitrogens with one attached hydrogen (secondary N) is 1. The van der Waals surface area contributed by atoms with Crippen molar-refractivity contribution in [3.05, 3.63) is 24.3 Å². The van der Waals surface area contributed by atoms with Crippen LogP contribution in [0.4, 0.5) is 11.4 Å². The second kappa shape index (κ2) is 9.30. The smallest absolute Gasteiger partial charge is 0.243 e. The molecule has 132 valence electrons. The van der Waals surface area contributed by atoms with Crippen molar-refractivity contribution in [2.24, 2.45) is 0 Å². The lowest BCUT2D eigenvalue weighted by atomic mass is 10.2. The molecule has 2 rings (SSSR count). The molecule has 1 aromatic rings. The van der Waals surface area contributed by atoms with Crippen molar-refractivity contribution < 1.29 is 9.59 Å². The molecular weight excluding hydrogens is 302 g/mol. The summed E-state index contributed by atoms with van der Waals surface area (Å²) in [7, 11) is 0. The third-order valence-electron chi connectivity index (χ3n) is 4.43. The topological polar surface area (TPSA) is 52.7 Å². The zero-order valence-corrected chi connectivity index (χ0v) is 14.9. The van der Waals surface area contributed by atoms with E-state index in [1.807, 2.05) is 24.3 Å². The standard InChI is InChI=1S/C19H29N3O2/c1-3-4-5-14-22(16(2)23)15-19(24)20-17-8-10-18(11-9-17)21-12-6-7-13-21/h8-11H,3-7,12-15H2,1-2H3,(H,20,24). The SMILES string of the molecule is CCCCCN(CC(=O)Nc1ccc(N2CCCC2)cc1)C(C)=O. The van der Waals surface area contributed by atoms with Crippen molar-refractivity contribution in [1.82, 2.24) is 4.90 Å². The third-order valence-corrected chi connectivity index (χ3v) is 4.43. The van der Waals surface area contributed by atoms with Crippen LogP contribution in [0.25, 0.3) is 0 Å².